The van der Waals surface area contributed by atoms with E-state index < -0.39 is 0 Å². The van der Waals surface area contributed by atoms with Crippen LogP contribution in [0.25, 0.3) is 5.95 Å². The van der Waals surface area contributed by atoms with Crippen LogP contribution in [0.5, 0.6) is 0 Å². The van der Waals surface area contributed by atoms with Crippen molar-refractivity contribution in [2.24, 2.45) is 11.8 Å². The summed E-state index contributed by atoms with van der Waals surface area (Å²) >= 11 is 0. The molecule has 10 nitrogen and oxygen atoms in total. The SMILES string of the molecule is CC(O)C1CCN(c2nc(NN)nc(-n3cncn3)n2)C1. The van der Waals surface area contributed by atoms with E-state index in [-0.39, 0.29) is 18.0 Å². The molecule has 0 amide bonds. The summed E-state index contributed by atoms with van der Waals surface area (Å²) in [6.07, 6.45) is 3.45. The zero-order chi connectivity index (χ0) is 14.8. The Balaban J connectivity index is 1.90. The molecule has 2 aromatic heterocycles. The van der Waals surface area contributed by atoms with Crippen molar-refractivity contribution in [1.82, 2.24) is 29.7 Å². The van der Waals surface area contributed by atoms with Gasteiger partial charge in [0.05, 0.1) is 6.10 Å². The van der Waals surface area contributed by atoms with Crippen LogP contribution in [0, 0.1) is 5.92 Å². The van der Waals surface area contributed by atoms with Crippen molar-refractivity contribution in [3.05, 3.63) is 12.7 Å². The summed E-state index contributed by atoms with van der Waals surface area (Å²) in [6, 6.07) is 0. The average molecular weight is 291 g/mol. The molecule has 0 radical (unpaired) electrons. The van der Waals surface area contributed by atoms with Crippen LogP contribution in [-0.2, 0) is 0 Å². The standard InChI is InChI=1S/C11H17N9O/c1-7(21)8-2-3-19(4-8)10-15-9(18-12)16-11(17-10)20-6-13-5-14-20/h5-8,21H,2-4,12H2,1H3,(H,15,16,17,18). The lowest BCUT2D eigenvalue weighted by Gasteiger charge is -2.18. The first-order valence-electron chi connectivity index (χ1n) is 6.68. The van der Waals surface area contributed by atoms with Crippen molar-refractivity contribution < 1.29 is 5.11 Å². The number of hydrazine groups is 1. The van der Waals surface area contributed by atoms with E-state index in [2.05, 4.69) is 30.5 Å². The van der Waals surface area contributed by atoms with Crippen molar-refractivity contribution in [1.29, 1.82) is 0 Å². The van der Waals surface area contributed by atoms with Gasteiger partial charge in [-0.3, -0.25) is 5.43 Å². The maximum absolute atomic E-state index is 9.69. The van der Waals surface area contributed by atoms with Crippen LogP contribution < -0.4 is 16.2 Å². The lowest BCUT2D eigenvalue weighted by atomic mass is 10.0. The summed E-state index contributed by atoms with van der Waals surface area (Å²) in [4.78, 5) is 18.7. The fourth-order valence-electron chi connectivity index (χ4n) is 2.34. The summed E-state index contributed by atoms with van der Waals surface area (Å²) in [6.45, 7) is 3.28. The number of anilines is 2. The van der Waals surface area contributed by atoms with E-state index in [0.29, 0.717) is 18.4 Å². The van der Waals surface area contributed by atoms with Crippen LogP contribution in [0.15, 0.2) is 12.7 Å². The quantitative estimate of drug-likeness (QED) is 0.476. The molecule has 1 fully saturated rings. The predicted octanol–water partition coefficient (Wildman–Crippen LogP) is -1.05. The highest BCUT2D eigenvalue weighted by Gasteiger charge is 2.28. The summed E-state index contributed by atoms with van der Waals surface area (Å²) in [5, 5.41) is 13.7. The molecule has 2 unspecified atom stereocenters. The Morgan fingerprint density at radius 3 is 2.81 bits per heavy atom. The third-order valence-corrected chi connectivity index (χ3v) is 3.55. The summed E-state index contributed by atoms with van der Waals surface area (Å²) in [7, 11) is 0. The molecule has 0 spiro atoms. The fraction of sp³-hybridized carbons (Fsp3) is 0.545. The average Bonchev–Trinajstić information content (AvgIpc) is 3.18. The molecule has 10 heteroatoms. The van der Waals surface area contributed by atoms with E-state index in [9.17, 15) is 5.11 Å². The van der Waals surface area contributed by atoms with E-state index in [1.54, 1.807) is 6.92 Å². The van der Waals surface area contributed by atoms with Gasteiger partial charge in [0.15, 0.2) is 0 Å². The predicted molar refractivity (Wildman–Crippen MR) is 74.6 cm³/mol. The Morgan fingerprint density at radius 1 is 1.38 bits per heavy atom. The normalized spacial score (nSPS) is 19.8. The number of aliphatic hydroxyl groups is 1. The molecule has 3 rings (SSSR count). The number of nitrogens with one attached hydrogen (secondary N) is 1. The number of aromatic nitrogens is 6. The molecule has 4 N–H and O–H groups in total. The van der Waals surface area contributed by atoms with E-state index >= 15 is 0 Å². The molecule has 21 heavy (non-hydrogen) atoms. The molecule has 0 aromatic carbocycles. The van der Waals surface area contributed by atoms with Crippen LogP contribution in [0.2, 0.25) is 0 Å². The third-order valence-electron chi connectivity index (χ3n) is 3.55. The lowest BCUT2D eigenvalue weighted by molar-refractivity contribution is 0.136. The zero-order valence-corrected chi connectivity index (χ0v) is 11.6. The molecule has 0 aliphatic carbocycles. The molecule has 0 saturated carbocycles. The van der Waals surface area contributed by atoms with Crippen LogP contribution in [0.4, 0.5) is 11.9 Å². The fourth-order valence-corrected chi connectivity index (χ4v) is 2.34. The Hall–Kier alpha value is -2.33. The smallest absolute Gasteiger partial charge is 0.258 e. The number of hydrogen-bond acceptors (Lipinski definition) is 9. The number of nitrogens with zero attached hydrogens (tertiary/aromatic N) is 7. The van der Waals surface area contributed by atoms with Crippen molar-refractivity contribution in [2.75, 3.05) is 23.4 Å². The summed E-state index contributed by atoms with van der Waals surface area (Å²) in [5.74, 6) is 6.72. The minimum atomic E-state index is -0.348. The van der Waals surface area contributed by atoms with Crippen molar-refractivity contribution >= 4 is 11.9 Å². The van der Waals surface area contributed by atoms with Gasteiger partial charge >= 0.3 is 0 Å². The van der Waals surface area contributed by atoms with Gasteiger partial charge in [-0.1, -0.05) is 0 Å². The van der Waals surface area contributed by atoms with E-state index in [1.165, 1.54) is 17.3 Å². The van der Waals surface area contributed by atoms with Gasteiger partial charge in [0.1, 0.15) is 12.7 Å². The number of hydrogen-bond donors (Lipinski definition) is 3. The zero-order valence-electron chi connectivity index (χ0n) is 11.6. The first-order chi connectivity index (χ1) is 10.2. The number of aliphatic hydroxyl groups excluding tert-OH is 1. The molecule has 3 heterocycles. The maximum atomic E-state index is 9.69. The highest BCUT2D eigenvalue weighted by atomic mass is 16.3. The van der Waals surface area contributed by atoms with Gasteiger partial charge in [-0.15, -0.1) is 0 Å². The first-order valence-corrected chi connectivity index (χ1v) is 6.68. The van der Waals surface area contributed by atoms with Gasteiger partial charge in [-0.2, -0.15) is 24.7 Å². The van der Waals surface area contributed by atoms with Crippen molar-refractivity contribution in [3.8, 4) is 5.95 Å². The molecule has 2 atom stereocenters. The molecule has 0 bridgehead atoms. The number of rotatable bonds is 4. The third kappa shape index (κ3) is 2.76. The molecule has 2 aromatic rings. The highest BCUT2D eigenvalue weighted by Crippen LogP contribution is 2.24. The monoisotopic (exact) mass is 291 g/mol. The second-order valence-corrected chi connectivity index (χ2v) is 4.98. The van der Waals surface area contributed by atoms with Gasteiger partial charge in [-0.25, -0.2) is 10.8 Å². The Bertz CT molecular complexity index is 600. The maximum Gasteiger partial charge on any atom is 0.258 e. The minimum absolute atomic E-state index is 0.214. The Morgan fingerprint density at radius 2 is 2.19 bits per heavy atom. The van der Waals surface area contributed by atoms with E-state index in [1.807, 2.05) is 4.90 Å². The molecular formula is C11H17N9O. The molecule has 1 saturated heterocycles. The van der Waals surface area contributed by atoms with E-state index in [4.69, 9.17) is 5.84 Å². The first kappa shape index (κ1) is 13.6. The Labute approximate surface area is 121 Å². The number of nitrogen functional groups attached to an aromatic ring is 1. The van der Waals surface area contributed by atoms with Crippen molar-refractivity contribution in [3.63, 3.8) is 0 Å². The Kier molecular flexibility index (Phi) is 3.62. The van der Waals surface area contributed by atoms with Gasteiger partial charge in [0.2, 0.25) is 11.9 Å². The molecular weight excluding hydrogens is 274 g/mol. The van der Waals surface area contributed by atoms with Crippen LogP contribution >= 0.6 is 0 Å². The van der Waals surface area contributed by atoms with Gasteiger partial charge in [0.25, 0.3) is 5.95 Å². The largest absolute Gasteiger partial charge is 0.393 e. The van der Waals surface area contributed by atoms with Crippen molar-refractivity contribution in [2.45, 2.75) is 19.4 Å². The molecule has 1 aliphatic rings. The lowest BCUT2D eigenvalue weighted by Crippen LogP contribution is -2.27. The van der Waals surface area contributed by atoms with Gasteiger partial charge < -0.3 is 10.0 Å². The molecule has 112 valence electrons. The second kappa shape index (κ2) is 5.58. The molecule has 1 aliphatic heterocycles. The highest BCUT2D eigenvalue weighted by molar-refractivity contribution is 5.40. The van der Waals surface area contributed by atoms with Crippen LogP contribution in [-0.4, -0.2) is 54.0 Å². The second-order valence-electron chi connectivity index (χ2n) is 4.98. The minimum Gasteiger partial charge on any atom is -0.393 e. The van der Waals surface area contributed by atoms with Gasteiger partial charge in [-0.05, 0) is 13.3 Å². The topological polar surface area (TPSA) is 131 Å². The van der Waals surface area contributed by atoms with Crippen LogP contribution in [0.1, 0.15) is 13.3 Å². The summed E-state index contributed by atoms with van der Waals surface area (Å²) in [5.41, 5.74) is 2.43. The van der Waals surface area contributed by atoms with E-state index in [0.717, 1.165) is 13.0 Å². The van der Waals surface area contributed by atoms with Crippen LogP contribution in [0.3, 0.4) is 0 Å². The number of nitrogens with two attached hydrogens (primary N) is 1. The van der Waals surface area contributed by atoms with Gasteiger partial charge in [0, 0.05) is 19.0 Å². The summed E-state index contributed by atoms with van der Waals surface area (Å²) < 4.78 is 1.44.